The van der Waals surface area contributed by atoms with Crippen LogP contribution in [0.3, 0.4) is 0 Å². The molecule has 0 saturated carbocycles. The molecule has 2 rings (SSSR count). The van der Waals surface area contributed by atoms with Crippen LogP contribution in [0.2, 0.25) is 5.02 Å². The second-order valence-corrected chi connectivity index (χ2v) is 4.84. The van der Waals surface area contributed by atoms with Gasteiger partial charge >= 0.3 is 0 Å². The number of hydrogen-bond acceptors (Lipinski definition) is 3. The lowest BCUT2D eigenvalue weighted by Crippen LogP contribution is -2.11. The van der Waals surface area contributed by atoms with E-state index in [1.165, 1.54) is 5.56 Å². The van der Waals surface area contributed by atoms with Gasteiger partial charge in [-0.25, -0.2) is 4.68 Å². The van der Waals surface area contributed by atoms with Crippen LogP contribution in [-0.4, -0.2) is 21.5 Å². The molecular formula is C14H19ClN4. The Balaban J connectivity index is 2.27. The summed E-state index contributed by atoms with van der Waals surface area (Å²) in [7, 11) is 0. The molecule has 0 unspecified atom stereocenters. The van der Waals surface area contributed by atoms with E-state index in [-0.39, 0.29) is 0 Å². The quantitative estimate of drug-likeness (QED) is 0.883. The number of benzene rings is 1. The van der Waals surface area contributed by atoms with Crippen LogP contribution in [0.15, 0.2) is 24.4 Å². The summed E-state index contributed by atoms with van der Waals surface area (Å²) in [6, 6.07) is 6.13. The van der Waals surface area contributed by atoms with E-state index < -0.39 is 0 Å². The van der Waals surface area contributed by atoms with E-state index in [4.69, 9.17) is 11.6 Å². The number of nitrogens with one attached hydrogen (secondary N) is 1. The molecule has 0 spiro atoms. The van der Waals surface area contributed by atoms with Crippen molar-refractivity contribution in [2.75, 3.05) is 6.54 Å². The molecule has 0 atom stereocenters. The number of aromatic nitrogens is 3. The van der Waals surface area contributed by atoms with E-state index in [1.54, 1.807) is 6.20 Å². The highest BCUT2D eigenvalue weighted by molar-refractivity contribution is 6.33. The van der Waals surface area contributed by atoms with E-state index in [9.17, 15) is 0 Å². The van der Waals surface area contributed by atoms with Gasteiger partial charge in [-0.2, -0.15) is 0 Å². The third-order valence-corrected chi connectivity index (χ3v) is 3.25. The van der Waals surface area contributed by atoms with Crippen molar-refractivity contribution in [1.29, 1.82) is 0 Å². The highest BCUT2D eigenvalue weighted by Gasteiger charge is 2.10. The fourth-order valence-electron chi connectivity index (χ4n) is 1.99. The minimum absolute atomic E-state index is 0.745. The highest BCUT2D eigenvalue weighted by Crippen LogP contribution is 2.28. The molecule has 0 radical (unpaired) electrons. The van der Waals surface area contributed by atoms with Crippen molar-refractivity contribution in [3.63, 3.8) is 0 Å². The number of aryl methyl sites for hydroxylation is 1. The third kappa shape index (κ3) is 3.33. The minimum atomic E-state index is 0.745. The van der Waals surface area contributed by atoms with Crippen molar-refractivity contribution in [2.24, 2.45) is 0 Å². The molecule has 19 heavy (non-hydrogen) atoms. The van der Waals surface area contributed by atoms with Crippen molar-refractivity contribution in [1.82, 2.24) is 20.3 Å². The van der Waals surface area contributed by atoms with Crippen LogP contribution in [0.1, 0.15) is 25.8 Å². The topological polar surface area (TPSA) is 42.7 Å². The zero-order chi connectivity index (χ0) is 13.7. The van der Waals surface area contributed by atoms with Crippen molar-refractivity contribution in [2.45, 2.75) is 33.4 Å². The second-order valence-electron chi connectivity index (χ2n) is 4.44. The summed E-state index contributed by atoms with van der Waals surface area (Å²) in [6.07, 6.45) is 2.79. The Morgan fingerprint density at radius 2 is 2.16 bits per heavy atom. The Morgan fingerprint density at radius 3 is 2.84 bits per heavy atom. The molecule has 0 amide bonds. The molecule has 5 heteroatoms. The van der Waals surface area contributed by atoms with E-state index in [1.807, 2.05) is 16.8 Å². The van der Waals surface area contributed by atoms with Crippen molar-refractivity contribution in [3.05, 3.63) is 35.0 Å². The molecule has 102 valence electrons. The average Bonchev–Trinajstić information content (AvgIpc) is 2.85. The van der Waals surface area contributed by atoms with E-state index in [2.05, 4.69) is 35.5 Å². The van der Waals surface area contributed by atoms with Gasteiger partial charge < -0.3 is 5.32 Å². The summed E-state index contributed by atoms with van der Waals surface area (Å²) in [5.74, 6) is 0. The summed E-state index contributed by atoms with van der Waals surface area (Å²) in [5, 5.41) is 12.1. The zero-order valence-electron chi connectivity index (χ0n) is 11.4. The van der Waals surface area contributed by atoms with Crippen LogP contribution in [0, 0.1) is 0 Å². The molecule has 0 saturated heterocycles. The summed E-state index contributed by atoms with van der Waals surface area (Å²) >= 11 is 6.38. The fraction of sp³-hybridized carbons (Fsp3) is 0.429. The fourth-order valence-corrected chi connectivity index (χ4v) is 2.29. The SMILES string of the molecule is CCCn1nncc1-c1ccc(CNCC)cc1Cl. The third-order valence-electron chi connectivity index (χ3n) is 2.94. The molecule has 1 heterocycles. The number of nitrogens with zero attached hydrogens (tertiary/aromatic N) is 3. The van der Waals surface area contributed by atoms with Crippen LogP contribution in [0.25, 0.3) is 11.3 Å². The maximum atomic E-state index is 6.38. The Morgan fingerprint density at radius 1 is 1.32 bits per heavy atom. The summed E-state index contributed by atoms with van der Waals surface area (Å²) in [6.45, 7) is 6.85. The second kappa shape index (κ2) is 6.68. The number of rotatable bonds is 6. The first-order valence-electron chi connectivity index (χ1n) is 6.64. The van der Waals surface area contributed by atoms with Crippen molar-refractivity contribution >= 4 is 11.6 Å². The van der Waals surface area contributed by atoms with Crippen LogP contribution in [-0.2, 0) is 13.1 Å². The minimum Gasteiger partial charge on any atom is -0.313 e. The van der Waals surface area contributed by atoms with Crippen LogP contribution in [0.5, 0.6) is 0 Å². The largest absolute Gasteiger partial charge is 0.313 e. The molecule has 1 aromatic heterocycles. The van der Waals surface area contributed by atoms with Gasteiger partial charge in [0.2, 0.25) is 0 Å². The predicted molar refractivity (Wildman–Crippen MR) is 78.1 cm³/mol. The lowest BCUT2D eigenvalue weighted by atomic mass is 10.1. The van der Waals surface area contributed by atoms with Gasteiger partial charge in [-0.3, -0.25) is 0 Å². The average molecular weight is 279 g/mol. The lowest BCUT2D eigenvalue weighted by molar-refractivity contribution is 0.584. The summed E-state index contributed by atoms with van der Waals surface area (Å²) in [4.78, 5) is 0. The van der Waals surface area contributed by atoms with E-state index in [0.717, 1.165) is 42.3 Å². The predicted octanol–water partition coefficient (Wildman–Crippen LogP) is 3.12. The molecular weight excluding hydrogens is 260 g/mol. The molecule has 0 bridgehead atoms. The van der Waals surface area contributed by atoms with Crippen LogP contribution >= 0.6 is 11.6 Å². The van der Waals surface area contributed by atoms with Crippen LogP contribution in [0.4, 0.5) is 0 Å². The van der Waals surface area contributed by atoms with Gasteiger partial charge in [0.15, 0.2) is 0 Å². The Hall–Kier alpha value is -1.39. The summed E-state index contributed by atoms with van der Waals surface area (Å²) in [5.41, 5.74) is 3.15. The smallest absolute Gasteiger partial charge is 0.0900 e. The normalized spacial score (nSPS) is 10.9. The van der Waals surface area contributed by atoms with E-state index in [0.29, 0.717) is 0 Å². The van der Waals surface area contributed by atoms with E-state index >= 15 is 0 Å². The van der Waals surface area contributed by atoms with Gasteiger partial charge in [-0.15, -0.1) is 5.10 Å². The Labute approximate surface area is 118 Å². The highest BCUT2D eigenvalue weighted by atomic mass is 35.5. The van der Waals surface area contributed by atoms with Crippen molar-refractivity contribution in [3.8, 4) is 11.3 Å². The molecule has 2 aromatic rings. The van der Waals surface area contributed by atoms with Gasteiger partial charge in [-0.05, 0) is 24.6 Å². The van der Waals surface area contributed by atoms with Gasteiger partial charge in [0.25, 0.3) is 0 Å². The first-order chi connectivity index (χ1) is 9.26. The Kier molecular flexibility index (Phi) is 4.93. The maximum Gasteiger partial charge on any atom is 0.0900 e. The van der Waals surface area contributed by atoms with Gasteiger partial charge in [0, 0.05) is 18.7 Å². The molecule has 0 aliphatic carbocycles. The standard InChI is InChI=1S/C14H19ClN4/c1-3-7-19-14(10-17-18-19)12-6-5-11(8-13(12)15)9-16-4-2/h5-6,8,10,16H,3-4,7,9H2,1-2H3. The van der Waals surface area contributed by atoms with Gasteiger partial charge in [-0.1, -0.05) is 42.8 Å². The van der Waals surface area contributed by atoms with Gasteiger partial charge in [0.05, 0.1) is 16.9 Å². The van der Waals surface area contributed by atoms with Crippen molar-refractivity contribution < 1.29 is 0 Å². The zero-order valence-corrected chi connectivity index (χ0v) is 12.1. The lowest BCUT2D eigenvalue weighted by Gasteiger charge is -2.09. The maximum absolute atomic E-state index is 6.38. The van der Waals surface area contributed by atoms with Gasteiger partial charge in [0.1, 0.15) is 0 Å². The molecule has 0 aliphatic rings. The Bertz CT molecular complexity index is 536. The number of halogens is 1. The molecule has 1 N–H and O–H groups in total. The van der Waals surface area contributed by atoms with Crippen LogP contribution < -0.4 is 5.32 Å². The first-order valence-corrected chi connectivity index (χ1v) is 7.02. The molecule has 4 nitrogen and oxygen atoms in total. The summed E-state index contributed by atoms with van der Waals surface area (Å²) < 4.78 is 1.89. The molecule has 0 fully saturated rings. The monoisotopic (exact) mass is 278 g/mol. The first kappa shape index (κ1) is 14.0. The number of hydrogen-bond donors (Lipinski definition) is 1. The molecule has 1 aromatic carbocycles. The molecule has 0 aliphatic heterocycles.